The summed E-state index contributed by atoms with van der Waals surface area (Å²) in [4.78, 5) is 24.2. The standard InChI is InChI=1S/C20H25N5O2/c1-12(13-2-3-13)27-20(26)24-14-4-6-15(7-5-14)25-11-23-17-10-22-19-16(18(17)25)8-9-21-19/h8-15H,2-7H2,1H3,(H,21,22)(H,24,26). The van der Waals surface area contributed by atoms with Crippen LogP contribution in [0.5, 0.6) is 0 Å². The first kappa shape index (κ1) is 16.6. The summed E-state index contributed by atoms with van der Waals surface area (Å²) in [6.07, 6.45) is 11.8. The number of aromatic amines is 1. The minimum atomic E-state index is -0.258. The van der Waals surface area contributed by atoms with E-state index < -0.39 is 0 Å². The van der Waals surface area contributed by atoms with Crippen LogP contribution in [0.25, 0.3) is 22.1 Å². The van der Waals surface area contributed by atoms with Gasteiger partial charge in [-0.15, -0.1) is 0 Å². The van der Waals surface area contributed by atoms with E-state index in [4.69, 9.17) is 4.74 Å². The van der Waals surface area contributed by atoms with Gasteiger partial charge in [-0.05, 0) is 57.4 Å². The van der Waals surface area contributed by atoms with Crippen molar-refractivity contribution in [3.63, 3.8) is 0 Å². The van der Waals surface area contributed by atoms with Gasteiger partial charge in [-0.25, -0.2) is 14.8 Å². The molecular weight excluding hydrogens is 342 g/mol. The van der Waals surface area contributed by atoms with Crippen LogP contribution in [0.15, 0.2) is 24.8 Å². The number of rotatable bonds is 4. The summed E-state index contributed by atoms with van der Waals surface area (Å²) in [5.41, 5.74) is 2.97. The molecule has 0 aliphatic heterocycles. The number of nitrogens with one attached hydrogen (secondary N) is 2. The summed E-state index contributed by atoms with van der Waals surface area (Å²) in [5, 5.41) is 4.17. The second-order valence-electron chi connectivity index (χ2n) is 7.98. The zero-order chi connectivity index (χ0) is 18.4. The molecule has 2 saturated carbocycles. The van der Waals surface area contributed by atoms with E-state index >= 15 is 0 Å². The molecule has 27 heavy (non-hydrogen) atoms. The lowest BCUT2D eigenvalue weighted by atomic mass is 9.91. The Morgan fingerprint density at radius 1 is 1.26 bits per heavy atom. The van der Waals surface area contributed by atoms with E-state index in [1.807, 2.05) is 25.6 Å². The van der Waals surface area contributed by atoms with E-state index in [1.165, 1.54) is 12.8 Å². The molecule has 3 heterocycles. The highest BCUT2D eigenvalue weighted by atomic mass is 16.6. The van der Waals surface area contributed by atoms with Gasteiger partial charge in [-0.2, -0.15) is 0 Å². The maximum Gasteiger partial charge on any atom is 0.407 e. The van der Waals surface area contributed by atoms with Crippen LogP contribution in [0.3, 0.4) is 0 Å². The predicted octanol–water partition coefficient (Wildman–Crippen LogP) is 3.92. The molecule has 1 atom stereocenters. The number of H-pyrrole nitrogens is 1. The number of ether oxygens (including phenoxy) is 1. The van der Waals surface area contributed by atoms with E-state index in [0.717, 1.165) is 47.8 Å². The Morgan fingerprint density at radius 2 is 2.07 bits per heavy atom. The summed E-state index contributed by atoms with van der Waals surface area (Å²) in [6.45, 7) is 1.99. The topological polar surface area (TPSA) is 84.8 Å². The highest BCUT2D eigenvalue weighted by molar-refractivity contribution is 6.00. The van der Waals surface area contributed by atoms with Crippen molar-refractivity contribution in [2.24, 2.45) is 5.92 Å². The normalized spacial score (nSPS) is 24.2. The number of carbonyl (C=O) groups is 1. The molecule has 0 aromatic carbocycles. The fourth-order valence-corrected chi connectivity index (χ4v) is 4.34. The van der Waals surface area contributed by atoms with Crippen molar-refractivity contribution in [1.82, 2.24) is 24.8 Å². The van der Waals surface area contributed by atoms with Gasteiger partial charge in [0, 0.05) is 23.7 Å². The highest BCUT2D eigenvalue weighted by Gasteiger charge is 2.31. The molecule has 2 N–H and O–H groups in total. The molecular formula is C20H25N5O2. The number of carbonyl (C=O) groups excluding carboxylic acids is 1. The Morgan fingerprint density at radius 3 is 2.85 bits per heavy atom. The van der Waals surface area contributed by atoms with Gasteiger partial charge in [-0.1, -0.05) is 0 Å². The van der Waals surface area contributed by atoms with Gasteiger partial charge in [0.25, 0.3) is 0 Å². The van der Waals surface area contributed by atoms with Crippen molar-refractivity contribution in [3.05, 3.63) is 24.8 Å². The minimum absolute atomic E-state index is 0.0380. The molecule has 7 nitrogen and oxygen atoms in total. The summed E-state index contributed by atoms with van der Waals surface area (Å²) >= 11 is 0. The molecule has 1 amide bonds. The van der Waals surface area contributed by atoms with Crippen molar-refractivity contribution < 1.29 is 9.53 Å². The molecule has 2 aliphatic rings. The molecule has 0 radical (unpaired) electrons. The van der Waals surface area contributed by atoms with Crippen LogP contribution >= 0.6 is 0 Å². The summed E-state index contributed by atoms with van der Waals surface area (Å²) < 4.78 is 7.79. The fraction of sp³-hybridized carbons (Fsp3) is 0.550. The molecule has 0 bridgehead atoms. The van der Waals surface area contributed by atoms with Crippen molar-refractivity contribution >= 4 is 28.2 Å². The molecule has 3 aromatic heterocycles. The van der Waals surface area contributed by atoms with Gasteiger partial charge in [0.1, 0.15) is 17.3 Å². The lowest BCUT2D eigenvalue weighted by molar-refractivity contribution is 0.0899. The molecule has 0 spiro atoms. The molecule has 3 aromatic rings. The second kappa shape index (κ2) is 6.55. The second-order valence-corrected chi connectivity index (χ2v) is 7.98. The van der Waals surface area contributed by atoms with Crippen LogP contribution in [-0.2, 0) is 4.74 Å². The van der Waals surface area contributed by atoms with Crippen molar-refractivity contribution in [3.8, 4) is 0 Å². The Hall–Kier alpha value is -2.57. The molecule has 0 saturated heterocycles. The van der Waals surface area contributed by atoms with Crippen LogP contribution < -0.4 is 5.32 Å². The van der Waals surface area contributed by atoms with Crippen LogP contribution in [0.4, 0.5) is 4.79 Å². The fourth-order valence-electron chi connectivity index (χ4n) is 4.34. The molecule has 142 valence electrons. The van der Waals surface area contributed by atoms with Gasteiger partial charge in [0.2, 0.25) is 0 Å². The van der Waals surface area contributed by atoms with E-state index in [-0.39, 0.29) is 18.2 Å². The third kappa shape index (κ3) is 3.15. The Kier molecular flexibility index (Phi) is 4.02. The number of fused-ring (bicyclic) bond motifs is 3. The van der Waals surface area contributed by atoms with Crippen molar-refractivity contribution in [1.29, 1.82) is 0 Å². The van der Waals surface area contributed by atoms with Crippen LogP contribution in [0, 0.1) is 5.92 Å². The van der Waals surface area contributed by atoms with Crippen LogP contribution in [0.2, 0.25) is 0 Å². The van der Waals surface area contributed by atoms with E-state index in [1.54, 1.807) is 0 Å². The van der Waals surface area contributed by atoms with Gasteiger partial charge in [-0.3, -0.25) is 0 Å². The van der Waals surface area contributed by atoms with E-state index in [0.29, 0.717) is 12.0 Å². The molecule has 2 aliphatic carbocycles. The van der Waals surface area contributed by atoms with Gasteiger partial charge >= 0.3 is 6.09 Å². The first-order chi connectivity index (χ1) is 13.2. The number of alkyl carbamates (subject to hydrolysis) is 1. The van der Waals surface area contributed by atoms with Gasteiger partial charge in [0.05, 0.1) is 18.0 Å². The first-order valence-electron chi connectivity index (χ1n) is 9.95. The SMILES string of the molecule is CC(OC(=O)NC1CCC(n2cnc3cnc4[nH]ccc4c32)CC1)C1CC1. The summed E-state index contributed by atoms with van der Waals surface area (Å²) in [6, 6.07) is 2.66. The number of amides is 1. The Labute approximate surface area is 157 Å². The number of imidazole rings is 1. The smallest absolute Gasteiger partial charge is 0.407 e. The molecule has 1 unspecified atom stereocenters. The summed E-state index contributed by atoms with van der Waals surface area (Å²) in [7, 11) is 0. The highest BCUT2D eigenvalue weighted by Crippen LogP contribution is 2.35. The number of hydrogen-bond acceptors (Lipinski definition) is 4. The molecule has 5 rings (SSSR count). The monoisotopic (exact) mass is 367 g/mol. The number of hydrogen-bond donors (Lipinski definition) is 2. The molecule has 2 fully saturated rings. The first-order valence-corrected chi connectivity index (χ1v) is 9.95. The van der Waals surface area contributed by atoms with Crippen molar-refractivity contribution in [2.75, 3.05) is 0 Å². The average molecular weight is 367 g/mol. The van der Waals surface area contributed by atoms with Crippen LogP contribution in [-0.4, -0.2) is 37.8 Å². The number of aromatic nitrogens is 4. The third-order valence-corrected chi connectivity index (χ3v) is 6.11. The zero-order valence-corrected chi connectivity index (χ0v) is 15.5. The Bertz CT molecular complexity index is 965. The lowest BCUT2D eigenvalue weighted by Gasteiger charge is -2.30. The van der Waals surface area contributed by atoms with Gasteiger partial charge < -0.3 is 19.6 Å². The maximum atomic E-state index is 12.1. The predicted molar refractivity (Wildman–Crippen MR) is 102 cm³/mol. The van der Waals surface area contributed by atoms with Crippen LogP contribution in [0.1, 0.15) is 51.5 Å². The quantitative estimate of drug-likeness (QED) is 0.732. The zero-order valence-electron chi connectivity index (χ0n) is 15.5. The number of nitrogens with zero attached hydrogens (tertiary/aromatic N) is 3. The minimum Gasteiger partial charge on any atom is -0.446 e. The van der Waals surface area contributed by atoms with Gasteiger partial charge in [0.15, 0.2) is 0 Å². The van der Waals surface area contributed by atoms with E-state index in [2.05, 4.69) is 30.9 Å². The number of pyridine rings is 1. The Balaban J connectivity index is 1.25. The molecule has 7 heteroatoms. The maximum absolute atomic E-state index is 12.1. The van der Waals surface area contributed by atoms with E-state index in [9.17, 15) is 4.79 Å². The average Bonchev–Trinajstić information content (AvgIpc) is 3.25. The summed E-state index contributed by atoms with van der Waals surface area (Å²) in [5.74, 6) is 0.570. The lowest BCUT2D eigenvalue weighted by Crippen LogP contribution is -2.39. The third-order valence-electron chi connectivity index (χ3n) is 6.11. The largest absolute Gasteiger partial charge is 0.446 e. The van der Waals surface area contributed by atoms with Crippen molar-refractivity contribution in [2.45, 2.75) is 63.6 Å².